The summed E-state index contributed by atoms with van der Waals surface area (Å²) >= 11 is 1.75. The van der Waals surface area contributed by atoms with Gasteiger partial charge in [-0.05, 0) is 30.5 Å². The maximum absolute atomic E-state index is 11.9. The summed E-state index contributed by atoms with van der Waals surface area (Å²) < 4.78 is 0. The highest BCUT2D eigenvalue weighted by Crippen LogP contribution is 2.08. The lowest BCUT2D eigenvalue weighted by molar-refractivity contribution is 0.0954. The van der Waals surface area contributed by atoms with Crippen molar-refractivity contribution >= 4 is 47.2 Å². The van der Waals surface area contributed by atoms with Crippen LogP contribution in [0.15, 0.2) is 47.0 Å². The molecule has 0 saturated carbocycles. The van der Waals surface area contributed by atoms with E-state index in [1.807, 2.05) is 6.92 Å². The Morgan fingerprint density at radius 3 is 2.72 bits per heavy atom. The minimum absolute atomic E-state index is 0. The number of pyridine rings is 1. The van der Waals surface area contributed by atoms with Gasteiger partial charge in [0, 0.05) is 49.9 Å². The van der Waals surface area contributed by atoms with Crippen LogP contribution in [0.25, 0.3) is 0 Å². The number of hydrogen-bond acceptors (Lipinski definition) is 4. The van der Waals surface area contributed by atoms with Crippen molar-refractivity contribution < 1.29 is 4.79 Å². The molecule has 2 aromatic rings. The third-order valence-corrected chi connectivity index (χ3v) is 4.12. The van der Waals surface area contributed by atoms with Gasteiger partial charge >= 0.3 is 0 Å². The molecule has 0 atom stereocenters. The Labute approximate surface area is 169 Å². The fraction of sp³-hybridized carbons (Fsp3) is 0.353. The van der Waals surface area contributed by atoms with Crippen LogP contribution in [-0.2, 0) is 6.42 Å². The van der Waals surface area contributed by atoms with Gasteiger partial charge < -0.3 is 16.0 Å². The lowest BCUT2D eigenvalue weighted by Gasteiger charge is -2.11. The molecular formula is C17H24IN5OS. The Hall–Kier alpha value is -1.68. The number of rotatable bonds is 8. The van der Waals surface area contributed by atoms with E-state index >= 15 is 0 Å². The van der Waals surface area contributed by atoms with E-state index in [9.17, 15) is 4.79 Å². The first-order valence-electron chi connectivity index (χ1n) is 8.02. The number of amides is 1. The van der Waals surface area contributed by atoms with Crippen LogP contribution in [0.4, 0.5) is 0 Å². The normalized spacial score (nSPS) is 10.7. The standard InChI is InChI=1S/C17H23N5OS.HI/c1-2-19-17(21-9-7-15-6-4-12-24-15)22-11-10-20-16(23)14-5-3-8-18-13-14;/h3-6,8,12-13H,2,7,9-11H2,1H3,(H,20,23)(H2,19,21,22);1H. The number of nitrogens with zero attached hydrogens (tertiary/aromatic N) is 2. The minimum atomic E-state index is -0.121. The zero-order valence-corrected chi connectivity index (χ0v) is 17.3. The van der Waals surface area contributed by atoms with Crippen LogP contribution >= 0.6 is 35.3 Å². The highest BCUT2D eigenvalue weighted by Gasteiger charge is 2.04. The van der Waals surface area contributed by atoms with Gasteiger partial charge in [0.05, 0.1) is 5.56 Å². The number of hydrogen-bond donors (Lipinski definition) is 3. The molecular weight excluding hydrogens is 449 g/mol. The Bertz CT molecular complexity index is 634. The molecule has 25 heavy (non-hydrogen) atoms. The molecule has 0 saturated heterocycles. The molecule has 0 aliphatic carbocycles. The predicted molar refractivity (Wildman–Crippen MR) is 114 cm³/mol. The minimum Gasteiger partial charge on any atom is -0.357 e. The number of carbonyl (C=O) groups is 1. The number of halogens is 1. The summed E-state index contributed by atoms with van der Waals surface area (Å²) in [5.41, 5.74) is 0.564. The molecule has 0 fully saturated rings. The van der Waals surface area contributed by atoms with E-state index in [1.165, 1.54) is 4.88 Å². The van der Waals surface area contributed by atoms with Crippen molar-refractivity contribution in [2.24, 2.45) is 4.99 Å². The van der Waals surface area contributed by atoms with Gasteiger partial charge in [0.2, 0.25) is 0 Å². The van der Waals surface area contributed by atoms with Gasteiger partial charge in [-0.15, -0.1) is 35.3 Å². The molecule has 1 amide bonds. The first kappa shape index (κ1) is 21.4. The molecule has 0 aromatic carbocycles. The van der Waals surface area contributed by atoms with Crippen LogP contribution in [0.3, 0.4) is 0 Å². The predicted octanol–water partition coefficient (Wildman–Crippen LogP) is 2.29. The first-order valence-corrected chi connectivity index (χ1v) is 8.90. The second-order valence-corrected chi connectivity index (χ2v) is 6.05. The van der Waals surface area contributed by atoms with Gasteiger partial charge in [-0.1, -0.05) is 6.07 Å². The zero-order chi connectivity index (χ0) is 17.0. The lowest BCUT2D eigenvalue weighted by atomic mass is 10.3. The third kappa shape index (κ3) is 8.30. The van der Waals surface area contributed by atoms with E-state index in [1.54, 1.807) is 35.9 Å². The fourth-order valence-electron chi connectivity index (χ4n) is 2.03. The molecule has 3 N–H and O–H groups in total. The van der Waals surface area contributed by atoms with E-state index in [2.05, 4.69) is 43.4 Å². The second kappa shape index (κ2) is 12.6. The summed E-state index contributed by atoms with van der Waals surface area (Å²) in [6.07, 6.45) is 4.14. The highest BCUT2D eigenvalue weighted by molar-refractivity contribution is 14.0. The van der Waals surface area contributed by atoms with Gasteiger partial charge in [-0.2, -0.15) is 0 Å². The topological polar surface area (TPSA) is 78.4 Å². The van der Waals surface area contributed by atoms with Crippen LogP contribution in [0, 0.1) is 0 Å². The number of guanidine groups is 1. The van der Waals surface area contributed by atoms with Gasteiger partial charge in [-0.3, -0.25) is 14.8 Å². The van der Waals surface area contributed by atoms with Crippen LogP contribution in [0.5, 0.6) is 0 Å². The number of aromatic nitrogens is 1. The van der Waals surface area contributed by atoms with Crippen molar-refractivity contribution in [2.75, 3.05) is 26.2 Å². The Morgan fingerprint density at radius 1 is 1.20 bits per heavy atom. The van der Waals surface area contributed by atoms with Gasteiger partial charge in [0.1, 0.15) is 0 Å². The summed E-state index contributed by atoms with van der Waals surface area (Å²) in [6.45, 7) is 4.69. The monoisotopic (exact) mass is 473 g/mol. The molecule has 0 aliphatic heterocycles. The Balaban J connectivity index is 0.00000312. The van der Waals surface area contributed by atoms with E-state index < -0.39 is 0 Å². The van der Waals surface area contributed by atoms with Crippen LogP contribution in [0.1, 0.15) is 22.2 Å². The smallest absolute Gasteiger partial charge is 0.252 e. The van der Waals surface area contributed by atoms with Crippen molar-refractivity contribution in [3.05, 3.63) is 52.5 Å². The summed E-state index contributed by atoms with van der Waals surface area (Å²) in [6, 6.07) is 7.66. The highest BCUT2D eigenvalue weighted by atomic mass is 127. The molecule has 6 nitrogen and oxygen atoms in total. The Kier molecular flexibility index (Phi) is 10.8. The van der Waals surface area contributed by atoms with Crippen LogP contribution < -0.4 is 16.0 Å². The first-order chi connectivity index (χ1) is 11.8. The van der Waals surface area contributed by atoms with Gasteiger partial charge in [0.25, 0.3) is 5.91 Å². The molecule has 0 unspecified atom stereocenters. The lowest BCUT2D eigenvalue weighted by Crippen LogP contribution is -2.41. The average molecular weight is 473 g/mol. The quantitative estimate of drug-likeness (QED) is 0.238. The van der Waals surface area contributed by atoms with Crippen LogP contribution in [-0.4, -0.2) is 43.0 Å². The van der Waals surface area contributed by atoms with Crippen molar-refractivity contribution in [3.63, 3.8) is 0 Å². The zero-order valence-electron chi connectivity index (χ0n) is 14.2. The molecule has 0 radical (unpaired) electrons. The molecule has 2 rings (SSSR count). The van der Waals surface area contributed by atoms with Gasteiger partial charge in [0.15, 0.2) is 5.96 Å². The molecule has 136 valence electrons. The van der Waals surface area contributed by atoms with Crippen LogP contribution in [0.2, 0.25) is 0 Å². The van der Waals surface area contributed by atoms with Gasteiger partial charge in [-0.25, -0.2) is 0 Å². The average Bonchev–Trinajstić information content (AvgIpc) is 3.12. The van der Waals surface area contributed by atoms with Crippen molar-refractivity contribution in [1.82, 2.24) is 20.9 Å². The molecule has 2 aromatic heterocycles. The number of nitrogens with one attached hydrogen (secondary N) is 3. The molecule has 8 heteroatoms. The summed E-state index contributed by atoms with van der Waals surface area (Å²) in [5, 5.41) is 11.4. The number of aliphatic imine (C=N–C) groups is 1. The molecule has 2 heterocycles. The van der Waals surface area contributed by atoms with Crippen molar-refractivity contribution in [1.29, 1.82) is 0 Å². The number of thiophene rings is 1. The second-order valence-electron chi connectivity index (χ2n) is 5.01. The Morgan fingerprint density at radius 2 is 2.04 bits per heavy atom. The van der Waals surface area contributed by atoms with E-state index in [4.69, 9.17) is 0 Å². The SMILES string of the molecule is CCNC(=NCCc1cccs1)NCCNC(=O)c1cccnc1.I. The fourth-order valence-corrected chi connectivity index (χ4v) is 2.73. The molecule has 0 spiro atoms. The largest absolute Gasteiger partial charge is 0.357 e. The van der Waals surface area contributed by atoms with Crippen molar-refractivity contribution in [3.8, 4) is 0 Å². The maximum Gasteiger partial charge on any atom is 0.252 e. The molecule has 0 bridgehead atoms. The third-order valence-electron chi connectivity index (χ3n) is 3.18. The van der Waals surface area contributed by atoms with E-state index in [0.29, 0.717) is 18.7 Å². The number of carbonyl (C=O) groups excluding carboxylic acids is 1. The summed E-state index contributed by atoms with van der Waals surface area (Å²) in [7, 11) is 0. The van der Waals surface area contributed by atoms with E-state index in [0.717, 1.165) is 25.5 Å². The molecule has 0 aliphatic rings. The van der Waals surface area contributed by atoms with Crippen molar-refractivity contribution in [2.45, 2.75) is 13.3 Å². The summed E-state index contributed by atoms with van der Waals surface area (Å²) in [4.78, 5) is 21.7. The summed E-state index contributed by atoms with van der Waals surface area (Å²) in [5.74, 6) is 0.647. The van der Waals surface area contributed by atoms with E-state index in [-0.39, 0.29) is 29.9 Å². The maximum atomic E-state index is 11.9.